The molecule has 1 saturated heterocycles. The SMILES string of the molecule is c1cc(CN(Cc2ccc3nonc3c2)CC2CCCO2)cs1. The molecule has 0 N–H and O–H groups in total. The number of benzene rings is 1. The van der Waals surface area contributed by atoms with Gasteiger partial charge in [-0.2, -0.15) is 11.3 Å². The first-order chi connectivity index (χ1) is 11.4. The smallest absolute Gasteiger partial charge is 0.135 e. The minimum atomic E-state index is 0.353. The number of hydrogen-bond acceptors (Lipinski definition) is 6. The number of fused-ring (bicyclic) bond motifs is 1. The van der Waals surface area contributed by atoms with Gasteiger partial charge in [0.15, 0.2) is 0 Å². The Bertz CT molecular complexity index is 750. The third-order valence-electron chi connectivity index (χ3n) is 4.20. The van der Waals surface area contributed by atoms with Crippen LogP contribution in [-0.4, -0.2) is 34.5 Å². The monoisotopic (exact) mass is 329 g/mol. The zero-order valence-electron chi connectivity index (χ0n) is 12.9. The molecule has 23 heavy (non-hydrogen) atoms. The molecule has 1 aliphatic heterocycles. The molecule has 1 fully saturated rings. The number of hydrogen-bond donors (Lipinski definition) is 0. The Morgan fingerprint density at radius 3 is 2.87 bits per heavy atom. The second kappa shape index (κ2) is 6.78. The molecule has 1 aliphatic rings. The number of aromatic nitrogens is 2. The molecule has 1 aromatic carbocycles. The lowest BCUT2D eigenvalue weighted by atomic mass is 10.1. The number of thiophene rings is 1. The predicted octanol–water partition coefficient (Wildman–Crippen LogP) is 3.47. The fourth-order valence-electron chi connectivity index (χ4n) is 3.09. The predicted molar refractivity (Wildman–Crippen MR) is 89.2 cm³/mol. The molecule has 5 nitrogen and oxygen atoms in total. The molecule has 0 bridgehead atoms. The van der Waals surface area contributed by atoms with E-state index in [1.807, 2.05) is 6.07 Å². The summed E-state index contributed by atoms with van der Waals surface area (Å²) in [7, 11) is 0. The van der Waals surface area contributed by atoms with E-state index in [-0.39, 0.29) is 0 Å². The lowest BCUT2D eigenvalue weighted by molar-refractivity contribution is 0.0679. The van der Waals surface area contributed by atoms with Crippen LogP contribution in [0.4, 0.5) is 0 Å². The molecule has 6 heteroatoms. The molecule has 3 heterocycles. The standard InChI is InChI=1S/C17H19N3O2S/c1-2-15(21-6-1)11-20(10-14-5-7-23-12-14)9-13-3-4-16-17(8-13)19-22-18-16/h3-5,7-8,12,15H,1-2,6,9-11H2. The highest BCUT2D eigenvalue weighted by atomic mass is 32.1. The van der Waals surface area contributed by atoms with Crippen molar-refractivity contribution in [2.24, 2.45) is 0 Å². The fraction of sp³-hybridized carbons (Fsp3) is 0.412. The van der Waals surface area contributed by atoms with Gasteiger partial charge in [0.25, 0.3) is 0 Å². The molecule has 1 unspecified atom stereocenters. The van der Waals surface area contributed by atoms with E-state index in [4.69, 9.17) is 9.37 Å². The fourth-order valence-corrected chi connectivity index (χ4v) is 3.75. The second-order valence-corrected chi connectivity index (χ2v) is 6.80. The van der Waals surface area contributed by atoms with E-state index < -0.39 is 0 Å². The van der Waals surface area contributed by atoms with Gasteiger partial charge in [0.1, 0.15) is 11.0 Å². The number of rotatable bonds is 6. The Hall–Kier alpha value is -1.76. The average molecular weight is 329 g/mol. The van der Waals surface area contributed by atoms with Crippen LogP contribution in [0.1, 0.15) is 24.0 Å². The molecule has 0 spiro atoms. The lowest BCUT2D eigenvalue weighted by Gasteiger charge is -2.25. The van der Waals surface area contributed by atoms with E-state index >= 15 is 0 Å². The van der Waals surface area contributed by atoms with Gasteiger partial charge in [-0.05, 0) is 63.2 Å². The van der Waals surface area contributed by atoms with Crippen molar-refractivity contribution >= 4 is 22.4 Å². The van der Waals surface area contributed by atoms with Crippen molar-refractivity contribution in [3.05, 3.63) is 46.2 Å². The topological polar surface area (TPSA) is 51.4 Å². The zero-order chi connectivity index (χ0) is 15.5. The van der Waals surface area contributed by atoms with Gasteiger partial charge in [0.2, 0.25) is 0 Å². The van der Waals surface area contributed by atoms with Crippen LogP contribution in [0.25, 0.3) is 11.0 Å². The van der Waals surface area contributed by atoms with Crippen LogP contribution in [0.2, 0.25) is 0 Å². The minimum absolute atomic E-state index is 0.353. The van der Waals surface area contributed by atoms with Crippen molar-refractivity contribution in [2.45, 2.75) is 32.0 Å². The summed E-state index contributed by atoms with van der Waals surface area (Å²) in [5.41, 5.74) is 4.20. The first kappa shape index (κ1) is 14.8. The number of nitrogens with zero attached hydrogens (tertiary/aromatic N) is 3. The molecule has 1 atom stereocenters. The van der Waals surface area contributed by atoms with Crippen LogP contribution in [0.5, 0.6) is 0 Å². The van der Waals surface area contributed by atoms with E-state index in [0.717, 1.165) is 43.7 Å². The van der Waals surface area contributed by atoms with E-state index in [1.54, 1.807) is 11.3 Å². The Morgan fingerprint density at radius 2 is 2.04 bits per heavy atom. The average Bonchev–Trinajstić information content (AvgIpc) is 3.29. The Labute approximate surface area is 138 Å². The summed E-state index contributed by atoms with van der Waals surface area (Å²) < 4.78 is 10.6. The third-order valence-corrected chi connectivity index (χ3v) is 4.93. The van der Waals surface area contributed by atoms with Crippen molar-refractivity contribution in [2.75, 3.05) is 13.2 Å². The van der Waals surface area contributed by atoms with E-state index in [2.05, 4.69) is 44.2 Å². The molecule has 0 saturated carbocycles. The maximum atomic E-state index is 5.82. The van der Waals surface area contributed by atoms with Gasteiger partial charge < -0.3 is 4.74 Å². The van der Waals surface area contributed by atoms with Gasteiger partial charge in [-0.3, -0.25) is 4.90 Å². The summed E-state index contributed by atoms with van der Waals surface area (Å²) in [6.45, 7) is 3.68. The Morgan fingerprint density at radius 1 is 1.13 bits per heavy atom. The summed E-state index contributed by atoms with van der Waals surface area (Å²) in [6.07, 6.45) is 2.69. The largest absolute Gasteiger partial charge is 0.377 e. The highest BCUT2D eigenvalue weighted by Gasteiger charge is 2.20. The maximum Gasteiger partial charge on any atom is 0.135 e. The van der Waals surface area contributed by atoms with E-state index in [9.17, 15) is 0 Å². The van der Waals surface area contributed by atoms with E-state index in [0.29, 0.717) is 6.10 Å². The van der Waals surface area contributed by atoms with Crippen LogP contribution in [-0.2, 0) is 17.8 Å². The highest BCUT2D eigenvalue weighted by molar-refractivity contribution is 7.07. The second-order valence-electron chi connectivity index (χ2n) is 6.02. The van der Waals surface area contributed by atoms with Gasteiger partial charge in [0, 0.05) is 26.2 Å². The van der Waals surface area contributed by atoms with Gasteiger partial charge in [-0.25, -0.2) is 4.63 Å². The summed E-state index contributed by atoms with van der Waals surface area (Å²) in [6, 6.07) is 8.32. The molecule has 3 aromatic rings. The van der Waals surface area contributed by atoms with Crippen LogP contribution in [0.3, 0.4) is 0 Å². The Balaban J connectivity index is 1.50. The summed E-state index contributed by atoms with van der Waals surface area (Å²) >= 11 is 1.75. The highest BCUT2D eigenvalue weighted by Crippen LogP contribution is 2.19. The molecule has 0 radical (unpaired) electrons. The van der Waals surface area contributed by atoms with Crippen molar-refractivity contribution in [3.8, 4) is 0 Å². The number of ether oxygens (including phenoxy) is 1. The zero-order valence-corrected chi connectivity index (χ0v) is 13.7. The van der Waals surface area contributed by atoms with Gasteiger partial charge in [-0.1, -0.05) is 6.07 Å². The third kappa shape index (κ3) is 3.60. The van der Waals surface area contributed by atoms with Crippen molar-refractivity contribution < 1.29 is 9.37 Å². The first-order valence-electron chi connectivity index (χ1n) is 7.93. The summed E-state index contributed by atoms with van der Waals surface area (Å²) in [4.78, 5) is 2.45. The maximum absolute atomic E-state index is 5.82. The molecule has 0 aliphatic carbocycles. The quantitative estimate of drug-likeness (QED) is 0.693. The first-order valence-corrected chi connectivity index (χ1v) is 8.87. The van der Waals surface area contributed by atoms with Gasteiger partial charge in [-0.15, -0.1) is 0 Å². The van der Waals surface area contributed by atoms with E-state index in [1.165, 1.54) is 17.5 Å². The van der Waals surface area contributed by atoms with Crippen molar-refractivity contribution in [1.82, 2.24) is 15.2 Å². The van der Waals surface area contributed by atoms with Crippen LogP contribution >= 0.6 is 11.3 Å². The van der Waals surface area contributed by atoms with Gasteiger partial charge in [0.05, 0.1) is 6.10 Å². The van der Waals surface area contributed by atoms with Crippen LogP contribution < -0.4 is 0 Å². The van der Waals surface area contributed by atoms with Crippen LogP contribution in [0.15, 0.2) is 39.7 Å². The Kier molecular flexibility index (Phi) is 4.37. The summed E-state index contributed by atoms with van der Waals surface area (Å²) in [5, 5.41) is 12.1. The van der Waals surface area contributed by atoms with Crippen molar-refractivity contribution in [3.63, 3.8) is 0 Å². The van der Waals surface area contributed by atoms with Crippen LogP contribution in [0, 0.1) is 0 Å². The van der Waals surface area contributed by atoms with Crippen molar-refractivity contribution in [1.29, 1.82) is 0 Å². The normalized spacial score (nSPS) is 18.2. The summed E-state index contributed by atoms with van der Waals surface area (Å²) in [5.74, 6) is 0. The molecular formula is C17H19N3O2S. The molecule has 120 valence electrons. The lowest BCUT2D eigenvalue weighted by Crippen LogP contribution is -2.31. The minimum Gasteiger partial charge on any atom is -0.377 e. The molecular weight excluding hydrogens is 310 g/mol. The van der Waals surface area contributed by atoms with Gasteiger partial charge >= 0.3 is 0 Å². The molecule has 0 amide bonds. The molecule has 4 rings (SSSR count). The molecule has 2 aromatic heterocycles.